The van der Waals surface area contributed by atoms with Crippen molar-refractivity contribution >= 4 is 40.0 Å². The van der Waals surface area contributed by atoms with Crippen molar-refractivity contribution in [3.63, 3.8) is 0 Å². The first-order valence-corrected chi connectivity index (χ1v) is 11.2. The fourth-order valence-corrected chi connectivity index (χ4v) is 4.57. The number of nitrogens with zero attached hydrogens (tertiary/aromatic N) is 4. The molecule has 2 aromatic heterocycles. The normalized spacial score (nSPS) is 16.1. The van der Waals surface area contributed by atoms with Crippen LogP contribution in [0, 0.1) is 6.92 Å². The van der Waals surface area contributed by atoms with E-state index in [-0.39, 0.29) is 17.8 Å². The molecule has 10 heteroatoms. The van der Waals surface area contributed by atoms with Crippen molar-refractivity contribution in [2.45, 2.75) is 30.2 Å². The van der Waals surface area contributed by atoms with Gasteiger partial charge in [-0.25, -0.2) is 4.68 Å². The van der Waals surface area contributed by atoms with E-state index in [0.29, 0.717) is 5.82 Å². The minimum atomic E-state index is -0.115. The van der Waals surface area contributed by atoms with Gasteiger partial charge in [-0.1, -0.05) is 41.3 Å². The summed E-state index contributed by atoms with van der Waals surface area (Å²) in [7, 11) is 0. The number of ether oxygens (including phenoxy) is 1. The monoisotopic (exact) mass is 430 g/mol. The molecule has 0 bridgehead atoms. The molecule has 3 heterocycles. The molecule has 0 unspecified atom stereocenters. The lowest BCUT2D eigenvalue weighted by Gasteiger charge is -2.08. The third kappa shape index (κ3) is 5.34. The predicted molar refractivity (Wildman–Crippen MR) is 115 cm³/mol. The summed E-state index contributed by atoms with van der Waals surface area (Å²) in [5, 5.41) is 19.7. The second kappa shape index (κ2) is 9.38. The molecule has 0 radical (unpaired) electrons. The van der Waals surface area contributed by atoms with Crippen molar-refractivity contribution < 1.29 is 9.53 Å². The Balaban J connectivity index is 1.30. The van der Waals surface area contributed by atoms with Crippen LogP contribution in [-0.4, -0.2) is 50.9 Å². The minimum absolute atomic E-state index is 0.115. The summed E-state index contributed by atoms with van der Waals surface area (Å²) in [6.45, 7) is 3.47. The Morgan fingerprint density at radius 2 is 2.21 bits per heavy atom. The summed E-state index contributed by atoms with van der Waals surface area (Å²) in [5.74, 6) is 0.783. The van der Waals surface area contributed by atoms with Crippen molar-refractivity contribution in [1.82, 2.24) is 20.0 Å². The Hall–Kier alpha value is -2.43. The number of hydrogen-bond donors (Lipinski definition) is 2. The molecule has 2 N–H and O–H groups in total. The predicted octanol–water partition coefficient (Wildman–Crippen LogP) is 3.35. The molecule has 1 aromatic carbocycles. The van der Waals surface area contributed by atoms with Gasteiger partial charge in [-0.05, 0) is 31.9 Å². The molecule has 8 nitrogen and oxygen atoms in total. The number of rotatable bonds is 8. The number of nitrogens with one attached hydrogen (secondary N) is 2. The molecule has 29 heavy (non-hydrogen) atoms. The number of aryl methyl sites for hydroxylation is 1. The highest BCUT2D eigenvalue weighted by Crippen LogP contribution is 2.26. The number of para-hydroxylation sites is 1. The van der Waals surface area contributed by atoms with E-state index in [4.69, 9.17) is 4.74 Å². The van der Waals surface area contributed by atoms with Crippen molar-refractivity contribution in [1.29, 1.82) is 0 Å². The van der Waals surface area contributed by atoms with Crippen LogP contribution in [0.3, 0.4) is 0 Å². The van der Waals surface area contributed by atoms with Gasteiger partial charge in [0.1, 0.15) is 5.82 Å². The number of thioether (sulfide) groups is 1. The molecule has 1 amide bonds. The summed E-state index contributed by atoms with van der Waals surface area (Å²) >= 11 is 2.81. The van der Waals surface area contributed by atoms with E-state index in [0.717, 1.165) is 46.8 Å². The van der Waals surface area contributed by atoms with Gasteiger partial charge in [-0.3, -0.25) is 4.79 Å². The van der Waals surface area contributed by atoms with Crippen LogP contribution >= 0.6 is 23.1 Å². The van der Waals surface area contributed by atoms with E-state index >= 15 is 0 Å². The fraction of sp³-hybridized carbons (Fsp3) is 0.368. The average molecular weight is 431 g/mol. The van der Waals surface area contributed by atoms with Crippen LogP contribution in [0.5, 0.6) is 0 Å². The molecule has 152 valence electrons. The van der Waals surface area contributed by atoms with Gasteiger partial charge in [0, 0.05) is 19.2 Å². The smallest absolute Gasteiger partial charge is 0.235 e. The lowest BCUT2D eigenvalue weighted by molar-refractivity contribution is -0.113. The number of carbonyl (C=O) groups is 1. The number of carbonyl (C=O) groups excluding carboxylic acids is 1. The van der Waals surface area contributed by atoms with Crippen LogP contribution in [0.2, 0.25) is 0 Å². The van der Waals surface area contributed by atoms with Gasteiger partial charge in [-0.2, -0.15) is 5.10 Å². The number of aromatic nitrogens is 4. The van der Waals surface area contributed by atoms with Gasteiger partial charge < -0.3 is 15.4 Å². The number of hydrogen-bond acceptors (Lipinski definition) is 8. The largest absolute Gasteiger partial charge is 0.376 e. The zero-order chi connectivity index (χ0) is 20.1. The van der Waals surface area contributed by atoms with Crippen molar-refractivity contribution in [2.75, 3.05) is 29.5 Å². The van der Waals surface area contributed by atoms with Crippen LogP contribution < -0.4 is 10.6 Å². The second-order valence-corrected chi connectivity index (χ2v) is 8.84. The van der Waals surface area contributed by atoms with E-state index in [2.05, 4.69) is 25.9 Å². The first kappa shape index (κ1) is 19.9. The highest BCUT2D eigenvalue weighted by atomic mass is 32.2. The van der Waals surface area contributed by atoms with Crippen LogP contribution in [0.4, 0.5) is 10.9 Å². The minimum Gasteiger partial charge on any atom is -0.376 e. The van der Waals surface area contributed by atoms with E-state index < -0.39 is 0 Å². The molecule has 1 atom stereocenters. The number of anilines is 2. The third-order valence-electron chi connectivity index (χ3n) is 4.34. The first-order valence-electron chi connectivity index (χ1n) is 9.41. The lowest BCUT2D eigenvalue weighted by atomic mass is 10.2. The summed E-state index contributed by atoms with van der Waals surface area (Å²) in [4.78, 5) is 12.4. The third-order valence-corrected chi connectivity index (χ3v) is 6.35. The maximum absolute atomic E-state index is 12.4. The topological polar surface area (TPSA) is 94.0 Å². The van der Waals surface area contributed by atoms with E-state index in [9.17, 15) is 4.79 Å². The SMILES string of the molecule is Cc1cc(NC(=O)CSc2nnc(NC[C@@H]3CCCO3)s2)n(-c2ccccc2)n1. The zero-order valence-electron chi connectivity index (χ0n) is 16.0. The molecule has 1 saturated heterocycles. The number of amides is 1. The van der Waals surface area contributed by atoms with Crippen LogP contribution in [0.1, 0.15) is 18.5 Å². The second-order valence-electron chi connectivity index (χ2n) is 6.64. The Kier molecular flexibility index (Phi) is 6.43. The average Bonchev–Trinajstić information content (AvgIpc) is 3.47. The van der Waals surface area contributed by atoms with Gasteiger partial charge in [0.15, 0.2) is 4.34 Å². The molecule has 0 spiro atoms. The van der Waals surface area contributed by atoms with Gasteiger partial charge in [0.05, 0.1) is 23.2 Å². The molecule has 1 fully saturated rings. The zero-order valence-corrected chi connectivity index (χ0v) is 17.6. The molecular formula is C19H22N6O2S2. The standard InChI is InChI=1S/C19H22N6O2S2/c1-13-10-16(25(24-13)14-6-3-2-4-7-14)21-17(26)12-28-19-23-22-18(29-19)20-11-15-8-5-9-27-15/h2-4,6-7,10,15H,5,8-9,11-12H2,1H3,(H,20,22)(H,21,26)/t15-/m0/s1. The Bertz CT molecular complexity index is 953. The fourth-order valence-electron chi connectivity index (χ4n) is 3.01. The van der Waals surface area contributed by atoms with Gasteiger partial charge in [0.25, 0.3) is 0 Å². The van der Waals surface area contributed by atoms with Crippen molar-refractivity contribution in [3.8, 4) is 5.69 Å². The molecule has 0 aliphatic carbocycles. The summed E-state index contributed by atoms with van der Waals surface area (Å²) < 4.78 is 8.07. The Morgan fingerprint density at radius 1 is 1.34 bits per heavy atom. The summed E-state index contributed by atoms with van der Waals surface area (Å²) in [5.41, 5.74) is 1.73. The Morgan fingerprint density at radius 3 is 3.00 bits per heavy atom. The molecular weight excluding hydrogens is 408 g/mol. The van der Waals surface area contributed by atoms with Crippen LogP contribution in [0.15, 0.2) is 40.7 Å². The molecule has 4 rings (SSSR count). The quantitative estimate of drug-likeness (QED) is 0.529. The maximum Gasteiger partial charge on any atom is 0.235 e. The maximum atomic E-state index is 12.4. The number of benzene rings is 1. The van der Waals surface area contributed by atoms with E-state index in [1.807, 2.05) is 43.3 Å². The highest BCUT2D eigenvalue weighted by Gasteiger charge is 2.16. The van der Waals surface area contributed by atoms with Gasteiger partial charge >= 0.3 is 0 Å². The summed E-state index contributed by atoms with van der Waals surface area (Å²) in [6.07, 6.45) is 2.44. The Labute approximate surface area is 177 Å². The summed E-state index contributed by atoms with van der Waals surface area (Å²) in [6, 6.07) is 11.6. The van der Waals surface area contributed by atoms with Crippen molar-refractivity contribution in [3.05, 3.63) is 42.1 Å². The first-order chi connectivity index (χ1) is 14.2. The van der Waals surface area contributed by atoms with E-state index in [1.54, 1.807) is 4.68 Å². The van der Waals surface area contributed by atoms with Crippen molar-refractivity contribution in [2.24, 2.45) is 0 Å². The molecule has 1 aliphatic rings. The van der Waals surface area contributed by atoms with Gasteiger partial charge in [-0.15, -0.1) is 10.2 Å². The van der Waals surface area contributed by atoms with Crippen LogP contribution in [-0.2, 0) is 9.53 Å². The lowest BCUT2D eigenvalue weighted by Crippen LogP contribution is -2.18. The molecule has 1 aliphatic heterocycles. The van der Waals surface area contributed by atoms with Gasteiger partial charge in [0.2, 0.25) is 11.0 Å². The molecule has 3 aromatic rings. The van der Waals surface area contributed by atoms with E-state index in [1.165, 1.54) is 23.1 Å². The highest BCUT2D eigenvalue weighted by molar-refractivity contribution is 8.01. The molecule has 0 saturated carbocycles. The van der Waals surface area contributed by atoms with Crippen LogP contribution in [0.25, 0.3) is 5.69 Å².